The number of alkyl halides is 2. The van der Waals surface area contributed by atoms with E-state index in [1.54, 1.807) is 0 Å². The second-order valence-corrected chi connectivity index (χ2v) is 6.72. The van der Waals surface area contributed by atoms with Crippen LogP contribution in [0.5, 0.6) is 0 Å². The smallest absolute Gasteiger partial charge is 0.306 e. The standard InChI is InChI=1S/C14H19F2NO3/c1-13(15,16)14(2-3-14)12(20)17-10-6-7-4-8(11(18)19)5-9(7)10/h7-10H,2-6H2,1H3,(H,17,20)(H,18,19)/t7-,8?,9-,10+/m0/s1. The van der Waals surface area contributed by atoms with Crippen molar-refractivity contribution in [1.29, 1.82) is 0 Å². The largest absolute Gasteiger partial charge is 0.481 e. The van der Waals surface area contributed by atoms with Crippen LogP contribution in [0.1, 0.15) is 39.0 Å². The van der Waals surface area contributed by atoms with Crippen LogP contribution in [0, 0.1) is 23.2 Å². The van der Waals surface area contributed by atoms with Gasteiger partial charge in [0.25, 0.3) is 5.92 Å². The molecule has 3 saturated carbocycles. The third-order valence-corrected chi connectivity index (χ3v) is 5.51. The first-order valence-corrected chi connectivity index (χ1v) is 7.16. The molecular formula is C14H19F2NO3. The minimum atomic E-state index is -2.99. The van der Waals surface area contributed by atoms with Crippen molar-refractivity contribution in [3.8, 4) is 0 Å². The molecule has 20 heavy (non-hydrogen) atoms. The summed E-state index contributed by atoms with van der Waals surface area (Å²) in [6, 6.07) is -0.114. The maximum atomic E-state index is 13.5. The average molecular weight is 287 g/mol. The van der Waals surface area contributed by atoms with E-state index in [0.29, 0.717) is 18.8 Å². The molecule has 3 aliphatic rings. The molecule has 0 saturated heterocycles. The normalized spacial score (nSPS) is 37.8. The number of carbonyl (C=O) groups excluding carboxylic acids is 1. The first kappa shape index (κ1) is 13.8. The van der Waals surface area contributed by atoms with Crippen LogP contribution in [0.3, 0.4) is 0 Å². The molecule has 2 N–H and O–H groups in total. The molecule has 4 nitrogen and oxygen atoms in total. The lowest BCUT2D eigenvalue weighted by Crippen LogP contribution is -2.54. The number of halogens is 2. The van der Waals surface area contributed by atoms with E-state index in [2.05, 4.69) is 5.32 Å². The van der Waals surface area contributed by atoms with Crippen LogP contribution in [0.2, 0.25) is 0 Å². The van der Waals surface area contributed by atoms with Gasteiger partial charge in [-0.25, -0.2) is 8.78 Å². The molecule has 112 valence electrons. The Labute approximate surface area is 115 Å². The first-order valence-electron chi connectivity index (χ1n) is 7.16. The number of carboxylic acids is 1. The van der Waals surface area contributed by atoms with Gasteiger partial charge in [-0.2, -0.15) is 0 Å². The summed E-state index contributed by atoms with van der Waals surface area (Å²) in [7, 11) is 0. The number of rotatable bonds is 4. The molecule has 0 aromatic rings. The highest BCUT2D eigenvalue weighted by Gasteiger charge is 2.65. The number of carbonyl (C=O) groups is 2. The van der Waals surface area contributed by atoms with Crippen molar-refractivity contribution >= 4 is 11.9 Å². The lowest BCUT2D eigenvalue weighted by molar-refractivity contribution is -0.144. The molecule has 0 heterocycles. The van der Waals surface area contributed by atoms with Gasteiger partial charge in [-0.05, 0) is 43.9 Å². The molecule has 0 aromatic carbocycles. The van der Waals surface area contributed by atoms with Gasteiger partial charge in [0.15, 0.2) is 0 Å². The number of carboxylic acid groups (broad SMARTS) is 1. The van der Waals surface area contributed by atoms with Gasteiger partial charge < -0.3 is 10.4 Å². The fraction of sp³-hybridized carbons (Fsp3) is 0.857. The van der Waals surface area contributed by atoms with Gasteiger partial charge in [0.05, 0.1) is 5.92 Å². The van der Waals surface area contributed by atoms with Crippen molar-refractivity contribution in [3.05, 3.63) is 0 Å². The zero-order chi connectivity index (χ0) is 14.7. The van der Waals surface area contributed by atoms with E-state index in [1.165, 1.54) is 0 Å². The fourth-order valence-electron chi connectivity index (χ4n) is 3.89. The zero-order valence-electron chi connectivity index (χ0n) is 11.4. The van der Waals surface area contributed by atoms with Crippen molar-refractivity contribution in [2.75, 3.05) is 0 Å². The van der Waals surface area contributed by atoms with Crippen molar-refractivity contribution in [2.45, 2.75) is 51.0 Å². The molecular weight excluding hydrogens is 268 g/mol. The molecule has 0 aliphatic heterocycles. The van der Waals surface area contributed by atoms with Gasteiger partial charge in [-0.1, -0.05) is 0 Å². The van der Waals surface area contributed by atoms with E-state index < -0.39 is 23.2 Å². The molecule has 3 fully saturated rings. The molecule has 4 atom stereocenters. The zero-order valence-corrected chi connectivity index (χ0v) is 11.4. The summed E-state index contributed by atoms with van der Waals surface area (Å²) >= 11 is 0. The Morgan fingerprint density at radius 1 is 1.25 bits per heavy atom. The highest BCUT2D eigenvalue weighted by atomic mass is 19.3. The van der Waals surface area contributed by atoms with Crippen LogP contribution < -0.4 is 5.32 Å². The predicted molar refractivity (Wildman–Crippen MR) is 66.2 cm³/mol. The maximum Gasteiger partial charge on any atom is 0.306 e. The van der Waals surface area contributed by atoms with Crippen LogP contribution in [0.25, 0.3) is 0 Å². The molecule has 0 bridgehead atoms. The van der Waals surface area contributed by atoms with Crippen LogP contribution in [0.4, 0.5) is 8.78 Å². The number of aliphatic carboxylic acids is 1. The van der Waals surface area contributed by atoms with Crippen LogP contribution in [0.15, 0.2) is 0 Å². The van der Waals surface area contributed by atoms with Gasteiger partial charge in [0.1, 0.15) is 5.41 Å². The molecule has 6 heteroatoms. The molecule has 0 aromatic heterocycles. The summed E-state index contributed by atoms with van der Waals surface area (Å²) in [6.45, 7) is 0.805. The van der Waals surface area contributed by atoms with Crippen molar-refractivity contribution in [2.24, 2.45) is 23.2 Å². The number of hydrogen-bond acceptors (Lipinski definition) is 2. The van der Waals surface area contributed by atoms with Crippen LogP contribution in [-0.2, 0) is 9.59 Å². The quantitative estimate of drug-likeness (QED) is 0.831. The second kappa shape index (κ2) is 4.15. The van der Waals surface area contributed by atoms with E-state index in [4.69, 9.17) is 5.11 Å². The summed E-state index contributed by atoms with van der Waals surface area (Å²) in [5.74, 6) is -4.18. The molecule has 3 rings (SSSR count). The van der Waals surface area contributed by atoms with Crippen molar-refractivity contribution < 1.29 is 23.5 Å². The van der Waals surface area contributed by atoms with Crippen LogP contribution in [-0.4, -0.2) is 28.9 Å². The highest BCUT2D eigenvalue weighted by Crippen LogP contribution is 2.57. The van der Waals surface area contributed by atoms with Gasteiger partial charge in [-0.3, -0.25) is 9.59 Å². The van der Waals surface area contributed by atoms with Gasteiger partial charge in [0.2, 0.25) is 5.91 Å². The molecule has 0 radical (unpaired) electrons. The van der Waals surface area contributed by atoms with Gasteiger partial charge >= 0.3 is 5.97 Å². The Bertz CT molecular complexity index is 456. The topological polar surface area (TPSA) is 66.4 Å². The summed E-state index contributed by atoms with van der Waals surface area (Å²) in [5.41, 5.74) is -1.51. The van der Waals surface area contributed by atoms with Crippen molar-refractivity contribution in [1.82, 2.24) is 5.32 Å². The summed E-state index contributed by atoms with van der Waals surface area (Å²) in [5, 5.41) is 11.7. The maximum absolute atomic E-state index is 13.5. The van der Waals surface area contributed by atoms with E-state index >= 15 is 0 Å². The fourth-order valence-corrected chi connectivity index (χ4v) is 3.89. The Balaban J connectivity index is 1.59. The minimum Gasteiger partial charge on any atom is -0.481 e. The monoisotopic (exact) mass is 287 g/mol. The lowest BCUT2D eigenvalue weighted by Gasteiger charge is -2.41. The van der Waals surface area contributed by atoms with Gasteiger partial charge in [0, 0.05) is 13.0 Å². The molecule has 0 spiro atoms. The number of fused-ring (bicyclic) bond motifs is 1. The SMILES string of the molecule is CC(F)(F)C1(C(=O)N[C@@H]2C[C@@H]3CC(C(=O)O)C[C@@H]32)CC1. The van der Waals surface area contributed by atoms with Gasteiger partial charge in [-0.15, -0.1) is 0 Å². The third kappa shape index (κ3) is 1.91. The van der Waals surface area contributed by atoms with E-state index in [0.717, 1.165) is 13.3 Å². The number of amides is 1. The van der Waals surface area contributed by atoms with Crippen molar-refractivity contribution in [3.63, 3.8) is 0 Å². The Hall–Kier alpha value is -1.20. The predicted octanol–water partition coefficient (Wildman–Crippen LogP) is 2.04. The Morgan fingerprint density at radius 2 is 1.90 bits per heavy atom. The Kier molecular flexibility index (Phi) is 2.86. The molecule has 3 aliphatic carbocycles. The minimum absolute atomic E-state index is 0.114. The summed E-state index contributed by atoms with van der Waals surface area (Å²) in [6.07, 6.45) is 2.41. The van der Waals surface area contributed by atoms with E-state index in [1.807, 2.05) is 0 Å². The average Bonchev–Trinajstić information content (AvgIpc) is 3.05. The number of nitrogens with one attached hydrogen (secondary N) is 1. The van der Waals surface area contributed by atoms with E-state index in [-0.39, 0.29) is 30.7 Å². The highest BCUT2D eigenvalue weighted by molar-refractivity contribution is 5.86. The molecule has 1 amide bonds. The molecule has 1 unspecified atom stereocenters. The number of hydrogen-bond donors (Lipinski definition) is 2. The lowest BCUT2D eigenvalue weighted by atomic mass is 9.71. The summed E-state index contributed by atoms with van der Waals surface area (Å²) < 4.78 is 27.0. The third-order valence-electron chi connectivity index (χ3n) is 5.51. The summed E-state index contributed by atoms with van der Waals surface area (Å²) in [4.78, 5) is 23.0. The first-order chi connectivity index (χ1) is 9.24. The Morgan fingerprint density at radius 3 is 2.40 bits per heavy atom. The second-order valence-electron chi connectivity index (χ2n) is 6.72. The van der Waals surface area contributed by atoms with Crippen LogP contribution >= 0.6 is 0 Å². The van der Waals surface area contributed by atoms with E-state index in [9.17, 15) is 18.4 Å².